The molecule has 0 bridgehead atoms. The highest BCUT2D eigenvalue weighted by Crippen LogP contribution is 2.28. The number of tetrazole rings is 1. The molecule has 0 saturated heterocycles. The maximum atomic E-state index is 11.1. The molecule has 0 aliphatic carbocycles. The molecule has 1 N–H and O–H groups in total. The van der Waals surface area contributed by atoms with Crippen molar-refractivity contribution in [2.75, 3.05) is 7.11 Å². The molecule has 0 fully saturated rings. The van der Waals surface area contributed by atoms with Crippen LogP contribution in [0.3, 0.4) is 0 Å². The minimum absolute atomic E-state index is 0.131. The van der Waals surface area contributed by atoms with Gasteiger partial charge in [0.1, 0.15) is 0 Å². The first-order valence-corrected chi connectivity index (χ1v) is 6.36. The largest absolute Gasteiger partial charge is 0.490 e. The SMILES string of the molecule is COc1ccc(-n2nnnc2CNC(C)C)cc1[N+](=O)[O-]. The number of hydrogen-bond acceptors (Lipinski definition) is 7. The molecular weight excluding hydrogens is 276 g/mol. The van der Waals surface area contributed by atoms with Crippen molar-refractivity contribution >= 4 is 5.69 Å². The second kappa shape index (κ2) is 6.27. The van der Waals surface area contributed by atoms with E-state index >= 15 is 0 Å². The van der Waals surface area contributed by atoms with Crippen LogP contribution in [-0.2, 0) is 6.54 Å². The normalized spacial score (nSPS) is 10.9. The fraction of sp³-hybridized carbons (Fsp3) is 0.417. The Morgan fingerprint density at radius 1 is 1.48 bits per heavy atom. The molecule has 9 nitrogen and oxygen atoms in total. The average Bonchev–Trinajstić information content (AvgIpc) is 2.92. The molecule has 21 heavy (non-hydrogen) atoms. The lowest BCUT2D eigenvalue weighted by molar-refractivity contribution is -0.385. The van der Waals surface area contributed by atoms with Crippen molar-refractivity contribution in [1.82, 2.24) is 25.5 Å². The van der Waals surface area contributed by atoms with Gasteiger partial charge in [0, 0.05) is 12.1 Å². The fourth-order valence-electron chi connectivity index (χ4n) is 1.76. The summed E-state index contributed by atoms with van der Waals surface area (Å²) in [6.45, 7) is 4.48. The summed E-state index contributed by atoms with van der Waals surface area (Å²) < 4.78 is 6.43. The number of nitrogens with zero attached hydrogens (tertiary/aromatic N) is 5. The van der Waals surface area contributed by atoms with E-state index in [1.807, 2.05) is 13.8 Å². The van der Waals surface area contributed by atoms with E-state index in [0.717, 1.165) is 0 Å². The molecule has 0 unspecified atom stereocenters. The first kappa shape index (κ1) is 14.9. The van der Waals surface area contributed by atoms with Gasteiger partial charge in [0.15, 0.2) is 11.6 Å². The number of nitro groups is 1. The third kappa shape index (κ3) is 3.31. The van der Waals surface area contributed by atoms with Gasteiger partial charge in [-0.05, 0) is 22.6 Å². The van der Waals surface area contributed by atoms with Gasteiger partial charge < -0.3 is 10.1 Å². The molecule has 0 aliphatic heterocycles. The van der Waals surface area contributed by atoms with Gasteiger partial charge in [-0.15, -0.1) is 5.10 Å². The van der Waals surface area contributed by atoms with Crippen LogP contribution in [0.4, 0.5) is 5.69 Å². The molecule has 2 aromatic rings. The van der Waals surface area contributed by atoms with Crippen molar-refractivity contribution in [1.29, 1.82) is 0 Å². The summed E-state index contributed by atoms with van der Waals surface area (Å²) in [5.41, 5.74) is 0.376. The number of benzene rings is 1. The van der Waals surface area contributed by atoms with Crippen LogP contribution < -0.4 is 10.1 Å². The molecule has 0 spiro atoms. The molecule has 0 amide bonds. The van der Waals surface area contributed by atoms with Crippen molar-refractivity contribution in [2.24, 2.45) is 0 Å². The first-order valence-electron chi connectivity index (χ1n) is 6.36. The lowest BCUT2D eigenvalue weighted by Crippen LogP contribution is -2.24. The number of nitro benzene ring substituents is 1. The summed E-state index contributed by atoms with van der Waals surface area (Å²) in [6.07, 6.45) is 0. The predicted molar refractivity (Wildman–Crippen MR) is 74.3 cm³/mol. The Balaban J connectivity index is 2.36. The van der Waals surface area contributed by atoms with Gasteiger partial charge in [-0.3, -0.25) is 10.1 Å². The van der Waals surface area contributed by atoms with E-state index in [1.54, 1.807) is 6.07 Å². The fourth-order valence-corrected chi connectivity index (χ4v) is 1.76. The van der Waals surface area contributed by atoms with Gasteiger partial charge >= 0.3 is 5.69 Å². The second-order valence-electron chi connectivity index (χ2n) is 4.66. The molecule has 1 aromatic heterocycles. The Bertz CT molecular complexity index is 640. The number of hydrogen-bond donors (Lipinski definition) is 1. The van der Waals surface area contributed by atoms with Crippen LogP contribution in [0, 0.1) is 10.1 Å². The van der Waals surface area contributed by atoms with Gasteiger partial charge in [-0.2, -0.15) is 4.68 Å². The van der Waals surface area contributed by atoms with Crippen LogP contribution in [-0.4, -0.2) is 38.3 Å². The minimum atomic E-state index is -0.501. The van der Waals surface area contributed by atoms with Crippen LogP contribution in [0.2, 0.25) is 0 Å². The molecule has 0 radical (unpaired) electrons. The van der Waals surface area contributed by atoms with Crippen LogP contribution >= 0.6 is 0 Å². The summed E-state index contributed by atoms with van der Waals surface area (Å²) in [5.74, 6) is 0.766. The maximum absolute atomic E-state index is 11.1. The topological polar surface area (TPSA) is 108 Å². The van der Waals surface area contributed by atoms with Gasteiger partial charge in [0.2, 0.25) is 0 Å². The van der Waals surface area contributed by atoms with Crippen molar-refractivity contribution < 1.29 is 9.66 Å². The highest BCUT2D eigenvalue weighted by molar-refractivity contribution is 5.53. The zero-order chi connectivity index (χ0) is 15.4. The Kier molecular flexibility index (Phi) is 4.43. The van der Waals surface area contributed by atoms with Gasteiger partial charge in [0.25, 0.3) is 0 Å². The van der Waals surface area contributed by atoms with E-state index in [2.05, 4.69) is 20.8 Å². The Hall–Kier alpha value is -2.55. The van der Waals surface area contributed by atoms with Crippen molar-refractivity contribution in [3.05, 3.63) is 34.1 Å². The van der Waals surface area contributed by atoms with Gasteiger partial charge in [-0.25, -0.2) is 0 Å². The molecule has 9 heteroatoms. The summed E-state index contributed by atoms with van der Waals surface area (Å²) in [4.78, 5) is 10.6. The molecule has 1 aromatic carbocycles. The zero-order valence-electron chi connectivity index (χ0n) is 12.0. The zero-order valence-corrected chi connectivity index (χ0v) is 12.0. The summed E-state index contributed by atoms with van der Waals surface area (Å²) >= 11 is 0. The molecule has 0 atom stereocenters. The molecular formula is C12H16N6O3. The van der Waals surface area contributed by atoms with Gasteiger partial charge in [-0.1, -0.05) is 13.8 Å². The van der Waals surface area contributed by atoms with E-state index in [4.69, 9.17) is 4.74 Å². The highest BCUT2D eigenvalue weighted by Gasteiger charge is 2.18. The van der Waals surface area contributed by atoms with Crippen LogP contribution in [0.1, 0.15) is 19.7 Å². The molecule has 0 saturated carbocycles. The average molecular weight is 292 g/mol. The maximum Gasteiger partial charge on any atom is 0.313 e. The molecule has 2 rings (SSSR count). The molecule has 112 valence electrons. The second-order valence-corrected chi connectivity index (χ2v) is 4.66. The lowest BCUT2D eigenvalue weighted by Gasteiger charge is -2.09. The summed E-state index contributed by atoms with van der Waals surface area (Å²) in [7, 11) is 1.39. The van der Waals surface area contributed by atoms with E-state index in [-0.39, 0.29) is 17.5 Å². The van der Waals surface area contributed by atoms with Crippen molar-refractivity contribution in [2.45, 2.75) is 26.4 Å². The summed E-state index contributed by atoms with van der Waals surface area (Å²) in [5, 5.41) is 25.7. The van der Waals surface area contributed by atoms with Crippen LogP contribution in [0.25, 0.3) is 5.69 Å². The Morgan fingerprint density at radius 2 is 2.24 bits per heavy atom. The standard InChI is InChI=1S/C12H16N6O3/c1-8(2)13-7-12-14-15-16-17(12)9-4-5-11(21-3)10(6-9)18(19)20/h4-6,8,13H,7H2,1-3H3. The number of aromatic nitrogens is 4. The van der Waals surface area contributed by atoms with E-state index in [0.29, 0.717) is 18.1 Å². The highest BCUT2D eigenvalue weighted by atomic mass is 16.6. The minimum Gasteiger partial charge on any atom is -0.490 e. The van der Waals surface area contributed by atoms with Gasteiger partial charge in [0.05, 0.1) is 24.3 Å². The summed E-state index contributed by atoms with van der Waals surface area (Å²) in [6, 6.07) is 4.85. The number of rotatable bonds is 6. The number of methoxy groups -OCH3 is 1. The lowest BCUT2D eigenvalue weighted by atomic mass is 10.2. The molecule has 0 aliphatic rings. The predicted octanol–water partition coefficient (Wildman–Crippen LogP) is 1.08. The molecule has 1 heterocycles. The number of ether oxygens (including phenoxy) is 1. The Morgan fingerprint density at radius 3 is 2.86 bits per heavy atom. The van der Waals surface area contributed by atoms with E-state index < -0.39 is 4.92 Å². The van der Waals surface area contributed by atoms with Crippen molar-refractivity contribution in [3.63, 3.8) is 0 Å². The quantitative estimate of drug-likeness (QED) is 0.626. The van der Waals surface area contributed by atoms with Crippen LogP contribution in [0.15, 0.2) is 18.2 Å². The van der Waals surface area contributed by atoms with Crippen molar-refractivity contribution in [3.8, 4) is 11.4 Å². The Labute approximate surface area is 121 Å². The first-order chi connectivity index (χ1) is 10.0. The van der Waals surface area contributed by atoms with Crippen LogP contribution in [0.5, 0.6) is 5.75 Å². The van der Waals surface area contributed by atoms with E-state index in [9.17, 15) is 10.1 Å². The third-order valence-corrected chi connectivity index (χ3v) is 2.81. The smallest absolute Gasteiger partial charge is 0.313 e. The third-order valence-electron chi connectivity index (χ3n) is 2.81. The van der Waals surface area contributed by atoms with E-state index in [1.165, 1.54) is 23.9 Å². The monoisotopic (exact) mass is 292 g/mol. The number of nitrogens with one attached hydrogen (secondary N) is 1.